The lowest BCUT2D eigenvalue weighted by Crippen LogP contribution is -2.29. The monoisotopic (exact) mass is 476 g/mol. The number of carbonyl (C=O) groups excluding carboxylic acids is 1. The summed E-state index contributed by atoms with van der Waals surface area (Å²) in [5.74, 6) is 1.22. The molecule has 0 saturated heterocycles. The molecule has 1 aliphatic carbocycles. The van der Waals surface area contributed by atoms with E-state index in [4.69, 9.17) is 9.72 Å². The Labute approximate surface area is 202 Å². The van der Waals surface area contributed by atoms with Crippen molar-refractivity contribution in [1.29, 1.82) is 0 Å². The lowest BCUT2D eigenvalue weighted by Gasteiger charge is -2.36. The van der Waals surface area contributed by atoms with E-state index in [2.05, 4.69) is 50.1 Å². The zero-order valence-corrected chi connectivity index (χ0v) is 22.5. The highest BCUT2D eigenvalue weighted by Gasteiger charge is 2.31. The first-order valence-corrected chi connectivity index (χ1v) is 13.6. The van der Waals surface area contributed by atoms with E-state index in [9.17, 15) is 4.79 Å². The predicted octanol–water partition coefficient (Wildman–Crippen LogP) is 7.57. The van der Waals surface area contributed by atoms with E-state index in [1.165, 1.54) is 41.1 Å². The summed E-state index contributed by atoms with van der Waals surface area (Å²) in [7, 11) is 0. The Balaban J connectivity index is 1.68. The number of hydrogen-bond acceptors (Lipinski definition) is 6. The highest BCUT2D eigenvalue weighted by Crippen LogP contribution is 2.43. The molecule has 1 aliphatic rings. The average molecular weight is 477 g/mol. The first-order valence-electron chi connectivity index (χ1n) is 11.9. The van der Waals surface area contributed by atoms with Gasteiger partial charge in [0.25, 0.3) is 0 Å². The molecular weight excluding hydrogens is 436 g/mol. The lowest BCUT2D eigenvalue weighted by atomic mass is 9.69. The average Bonchev–Trinajstić information content (AvgIpc) is 3.32. The smallest absolute Gasteiger partial charge is 0.308 e. The van der Waals surface area contributed by atoms with Gasteiger partial charge in [-0.3, -0.25) is 4.79 Å². The van der Waals surface area contributed by atoms with Crippen LogP contribution in [0.3, 0.4) is 0 Å². The van der Waals surface area contributed by atoms with Gasteiger partial charge in [-0.25, -0.2) is 4.98 Å². The van der Waals surface area contributed by atoms with E-state index in [1.54, 1.807) is 11.3 Å². The van der Waals surface area contributed by atoms with Crippen LogP contribution < -0.4 is 4.90 Å². The van der Waals surface area contributed by atoms with Crippen molar-refractivity contribution in [2.75, 3.05) is 11.4 Å². The minimum absolute atomic E-state index is 0.151. The number of carbonyl (C=O) groups is 1. The molecular formula is C26H40N2O2S2. The number of aryl methyl sites for hydroxylation is 1. The van der Waals surface area contributed by atoms with Crippen molar-refractivity contribution in [2.24, 2.45) is 11.3 Å². The fraction of sp³-hybridized carbons (Fsp3) is 0.692. The van der Waals surface area contributed by atoms with Crippen molar-refractivity contribution in [2.45, 2.75) is 98.6 Å². The fourth-order valence-electron chi connectivity index (χ4n) is 4.48. The summed E-state index contributed by atoms with van der Waals surface area (Å²) in [5, 5.41) is 3.27. The Bertz CT molecular complexity index is 880. The Morgan fingerprint density at radius 1 is 1.12 bits per heavy atom. The second-order valence-electron chi connectivity index (χ2n) is 11.2. The van der Waals surface area contributed by atoms with E-state index in [1.807, 2.05) is 32.1 Å². The summed E-state index contributed by atoms with van der Waals surface area (Å²) in [6, 6.07) is 4.34. The number of aromatic nitrogens is 1. The molecule has 1 saturated carbocycles. The third kappa shape index (κ3) is 7.31. The van der Waals surface area contributed by atoms with Crippen LogP contribution in [-0.4, -0.2) is 23.1 Å². The topological polar surface area (TPSA) is 42.4 Å². The maximum absolute atomic E-state index is 12.4. The lowest BCUT2D eigenvalue weighted by molar-refractivity contribution is -0.154. The van der Waals surface area contributed by atoms with Gasteiger partial charge in [0.05, 0.1) is 18.7 Å². The molecule has 2 aromatic heterocycles. The number of rotatable bonds is 7. The molecule has 2 heterocycles. The third-order valence-corrected chi connectivity index (χ3v) is 8.20. The third-order valence-electron chi connectivity index (χ3n) is 6.30. The van der Waals surface area contributed by atoms with Crippen molar-refractivity contribution in [3.05, 3.63) is 33.0 Å². The quantitative estimate of drug-likeness (QED) is 0.386. The number of hydrogen-bond donors (Lipinski definition) is 0. The number of nitrogens with zero attached hydrogens (tertiary/aromatic N) is 2. The van der Waals surface area contributed by atoms with Gasteiger partial charge in [0.1, 0.15) is 5.60 Å². The maximum atomic E-state index is 12.4. The van der Waals surface area contributed by atoms with Crippen molar-refractivity contribution in [3.8, 4) is 0 Å². The fourth-order valence-corrected chi connectivity index (χ4v) is 6.32. The summed E-state index contributed by atoms with van der Waals surface area (Å²) in [6.45, 7) is 16.4. The Kier molecular flexibility index (Phi) is 8.08. The van der Waals surface area contributed by atoms with Crippen LogP contribution in [0.4, 0.5) is 5.13 Å². The summed E-state index contributed by atoms with van der Waals surface area (Å²) in [5.41, 5.74) is 1.18. The minimum Gasteiger partial charge on any atom is -0.460 e. The molecule has 0 radical (unpaired) electrons. The highest BCUT2D eigenvalue weighted by molar-refractivity contribution is 7.14. The van der Waals surface area contributed by atoms with Crippen molar-refractivity contribution >= 4 is 33.8 Å². The molecule has 0 N–H and O–H groups in total. The van der Waals surface area contributed by atoms with Crippen LogP contribution in [0.1, 0.15) is 95.0 Å². The molecule has 0 aromatic carbocycles. The maximum Gasteiger partial charge on any atom is 0.308 e. The SMILES string of the molecule is Cc1ccc(CN(CCC(=O)OC(C)(C)C)c2nc(C3CCC(C(C)(C)C)CC3)cs2)s1. The van der Waals surface area contributed by atoms with E-state index >= 15 is 0 Å². The first-order chi connectivity index (χ1) is 14.9. The second-order valence-corrected chi connectivity index (χ2v) is 13.4. The summed E-state index contributed by atoms with van der Waals surface area (Å²) in [4.78, 5) is 22.3. The van der Waals surface area contributed by atoms with Crippen LogP contribution in [0.5, 0.6) is 0 Å². The summed E-state index contributed by atoms with van der Waals surface area (Å²) < 4.78 is 5.54. The molecule has 2 aromatic rings. The van der Waals surface area contributed by atoms with E-state index in [-0.39, 0.29) is 5.97 Å². The van der Waals surface area contributed by atoms with Gasteiger partial charge in [0, 0.05) is 27.6 Å². The largest absolute Gasteiger partial charge is 0.460 e. The minimum atomic E-state index is -0.451. The van der Waals surface area contributed by atoms with Gasteiger partial charge in [-0.05, 0) is 76.8 Å². The number of anilines is 1. The van der Waals surface area contributed by atoms with Crippen molar-refractivity contribution < 1.29 is 9.53 Å². The van der Waals surface area contributed by atoms with Crippen LogP contribution in [0.25, 0.3) is 0 Å². The molecule has 4 nitrogen and oxygen atoms in total. The predicted molar refractivity (Wildman–Crippen MR) is 137 cm³/mol. The van der Waals surface area contributed by atoms with Crippen molar-refractivity contribution in [1.82, 2.24) is 4.98 Å². The van der Waals surface area contributed by atoms with Gasteiger partial charge < -0.3 is 9.64 Å². The summed E-state index contributed by atoms with van der Waals surface area (Å²) in [6.07, 6.45) is 5.41. The molecule has 178 valence electrons. The normalized spacial score (nSPS) is 19.7. The van der Waals surface area contributed by atoms with E-state index in [0.717, 1.165) is 17.6 Å². The number of thiophene rings is 1. The molecule has 0 aliphatic heterocycles. The molecule has 0 spiro atoms. The molecule has 6 heteroatoms. The van der Waals surface area contributed by atoms with E-state index < -0.39 is 5.60 Å². The highest BCUT2D eigenvalue weighted by atomic mass is 32.1. The van der Waals surface area contributed by atoms with Gasteiger partial charge in [-0.15, -0.1) is 22.7 Å². The zero-order valence-electron chi connectivity index (χ0n) is 20.9. The van der Waals surface area contributed by atoms with Gasteiger partial charge >= 0.3 is 5.97 Å². The van der Waals surface area contributed by atoms with Crippen LogP contribution >= 0.6 is 22.7 Å². The van der Waals surface area contributed by atoms with Crippen LogP contribution in [0.15, 0.2) is 17.5 Å². The van der Waals surface area contributed by atoms with Gasteiger partial charge in [-0.2, -0.15) is 0 Å². The standard InChI is InChI=1S/C26H40N2O2S2/c1-18-8-13-21(32-18)16-28(15-14-23(29)30-26(5,6)7)24-27-22(17-31-24)19-9-11-20(12-10-19)25(2,3)4/h8,13,17,19-20H,9-12,14-16H2,1-7H3. The van der Waals surface area contributed by atoms with Crippen LogP contribution in [0.2, 0.25) is 0 Å². The van der Waals surface area contributed by atoms with Crippen LogP contribution in [0, 0.1) is 18.3 Å². The van der Waals surface area contributed by atoms with Crippen molar-refractivity contribution in [3.63, 3.8) is 0 Å². The molecule has 3 rings (SSSR count). The molecule has 0 bridgehead atoms. The molecule has 32 heavy (non-hydrogen) atoms. The number of esters is 1. The Morgan fingerprint density at radius 2 is 1.81 bits per heavy atom. The van der Waals surface area contributed by atoms with Gasteiger partial charge in [-0.1, -0.05) is 20.8 Å². The zero-order chi connectivity index (χ0) is 23.5. The first kappa shape index (κ1) is 25.2. The van der Waals surface area contributed by atoms with Gasteiger partial charge in [0.2, 0.25) is 0 Å². The summed E-state index contributed by atoms with van der Waals surface area (Å²) >= 11 is 3.53. The second kappa shape index (κ2) is 10.3. The number of thiazole rings is 1. The van der Waals surface area contributed by atoms with E-state index in [0.29, 0.717) is 24.3 Å². The van der Waals surface area contributed by atoms with Gasteiger partial charge in [0.15, 0.2) is 5.13 Å². The van der Waals surface area contributed by atoms with Crippen LogP contribution in [-0.2, 0) is 16.1 Å². The molecule has 1 fully saturated rings. The molecule has 0 atom stereocenters. The molecule has 0 unspecified atom stereocenters. The Morgan fingerprint density at radius 3 is 2.38 bits per heavy atom. The Hall–Kier alpha value is -1.40. The number of ether oxygens (including phenoxy) is 1. The molecule has 0 amide bonds.